The summed E-state index contributed by atoms with van der Waals surface area (Å²) in [7, 11) is 0. The van der Waals surface area contributed by atoms with E-state index in [1.54, 1.807) is 12.1 Å². The van der Waals surface area contributed by atoms with E-state index in [2.05, 4.69) is 10.2 Å². The van der Waals surface area contributed by atoms with E-state index in [1.165, 1.54) is 6.42 Å². The Bertz CT molecular complexity index is 484. The van der Waals surface area contributed by atoms with Crippen LogP contribution >= 0.6 is 24.0 Å². The molecule has 116 valence electrons. The fourth-order valence-electron chi connectivity index (χ4n) is 3.05. The van der Waals surface area contributed by atoms with Gasteiger partial charge in [-0.2, -0.15) is 0 Å². The molecule has 1 amide bonds. The van der Waals surface area contributed by atoms with Gasteiger partial charge in [0.2, 0.25) is 0 Å². The van der Waals surface area contributed by atoms with Gasteiger partial charge in [0.1, 0.15) is 0 Å². The number of nitrogens with zero attached hydrogens (tertiary/aromatic N) is 2. The second-order valence-corrected chi connectivity index (χ2v) is 5.86. The number of hydrogen-bond acceptors (Lipinski definition) is 3. The first-order valence-corrected chi connectivity index (χ1v) is 7.62. The maximum absolute atomic E-state index is 12.5. The molecule has 6 heteroatoms. The largest absolute Gasteiger partial charge is 0.336 e. The molecule has 1 N–H and O–H groups in total. The number of hydrogen-bond donors (Lipinski definition) is 1. The van der Waals surface area contributed by atoms with Crippen LogP contribution in [0.4, 0.5) is 0 Å². The molecule has 2 aliphatic heterocycles. The van der Waals surface area contributed by atoms with Crippen molar-refractivity contribution in [1.82, 2.24) is 15.1 Å². The van der Waals surface area contributed by atoms with Crippen LogP contribution in [-0.2, 0) is 0 Å². The summed E-state index contributed by atoms with van der Waals surface area (Å²) in [6, 6.07) is 7.93. The summed E-state index contributed by atoms with van der Waals surface area (Å²) in [5.41, 5.74) is 0.616. The number of rotatable bonds is 2. The number of nitrogens with one attached hydrogen (secondary N) is 1. The first-order chi connectivity index (χ1) is 9.75. The summed E-state index contributed by atoms with van der Waals surface area (Å²) in [5, 5.41) is 3.94. The van der Waals surface area contributed by atoms with Gasteiger partial charge in [-0.15, -0.1) is 12.4 Å². The molecule has 0 aliphatic carbocycles. The molecule has 3 rings (SSSR count). The summed E-state index contributed by atoms with van der Waals surface area (Å²) in [5.74, 6) is 0.0554. The molecule has 0 bridgehead atoms. The number of carbonyl (C=O) groups excluding carboxylic acids is 1. The minimum absolute atomic E-state index is 0. The zero-order chi connectivity index (χ0) is 13.9. The van der Waals surface area contributed by atoms with Crippen molar-refractivity contribution in [3.8, 4) is 0 Å². The predicted molar refractivity (Wildman–Crippen MR) is 87.5 cm³/mol. The van der Waals surface area contributed by atoms with E-state index in [1.807, 2.05) is 17.0 Å². The van der Waals surface area contributed by atoms with Gasteiger partial charge in [-0.05, 0) is 25.1 Å². The summed E-state index contributed by atoms with van der Waals surface area (Å²) in [6.07, 6.45) is 1.22. The highest BCUT2D eigenvalue weighted by molar-refractivity contribution is 6.33. The first kappa shape index (κ1) is 16.6. The van der Waals surface area contributed by atoms with Crippen LogP contribution in [0, 0.1) is 0 Å². The molecule has 2 heterocycles. The molecule has 2 saturated heterocycles. The van der Waals surface area contributed by atoms with Crippen molar-refractivity contribution in [1.29, 1.82) is 0 Å². The van der Waals surface area contributed by atoms with E-state index in [0.717, 1.165) is 39.3 Å². The van der Waals surface area contributed by atoms with Crippen molar-refractivity contribution in [2.75, 3.05) is 39.3 Å². The minimum atomic E-state index is 0. The van der Waals surface area contributed by atoms with Crippen LogP contribution in [-0.4, -0.2) is 61.0 Å². The van der Waals surface area contributed by atoms with Crippen molar-refractivity contribution in [2.45, 2.75) is 12.5 Å². The van der Waals surface area contributed by atoms with Crippen LogP contribution in [0.15, 0.2) is 24.3 Å². The van der Waals surface area contributed by atoms with Crippen molar-refractivity contribution in [2.24, 2.45) is 0 Å². The van der Waals surface area contributed by atoms with Gasteiger partial charge in [0.05, 0.1) is 10.6 Å². The zero-order valence-electron chi connectivity index (χ0n) is 11.9. The number of benzene rings is 1. The third-order valence-electron chi connectivity index (χ3n) is 4.26. The summed E-state index contributed by atoms with van der Waals surface area (Å²) < 4.78 is 0. The average Bonchev–Trinajstić information content (AvgIpc) is 3.01. The molecule has 0 aromatic heterocycles. The molecular formula is C15H21Cl2N3O. The van der Waals surface area contributed by atoms with Crippen LogP contribution < -0.4 is 5.32 Å². The zero-order valence-corrected chi connectivity index (χ0v) is 13.5. The third kappa shape index (κ3) is 3.69. The molecule has 1 aromatic carbocycles. The molecule has 2 fully saturated rings. The van der Waals surface area contributed by atoms with Crippen molar-refractivity contribution in [3.63, 3.8) is 0 Å². The number of amides is 1. The number of halogens is 2. The monoisotopic (exact) mass is 329 g/mol. The Morgan fingerprint density at radius 2 is 1.90 bits per heavy atom. The Labute approximate surface area is 136 Å². The number of carbonyl (C=O) groups is 1. The Kier molecular flexibility index (Phi) is 5.88. The smallest absolute Gasteiger partial charge is 0.255 e. The van der Waals surface area contributed by atoms with Crippen LogP contribution in [0.5, 0.6) is 0 Å². The molecular weight excluding hydrogens is 309 g/mol. The lowest BCUT2D eigenvalue weighted by molar-refractivity contribution is 0.0584. The van der Waals surface area contributed by atoms with Gasteiger partial charge in [0, 0.05) is 38.8 Å². The Morgan fingerprint density at radius 1 is 1.19 bits per heavy atom. The molecule has 1 unspecified atom stereocenters. The highest BCUT2D eigenvalue weighted by Crippen LogP contribution is 2.19. The molecule has 0 spiro atoms. The lowest BCUT2D eigenvalue weighted by Gasteiger charge is -2.37. The maximum Gasteiger partial charge on any atom is 0.255 e. The fourth-order valence-corrected chi connectivity index (χ4v) is 3.26. The van der Waals surface area contributed by atoms with E-state index >= 15 is 0 Å². The SMILES string of the molecule is Cl.O=C(c1ccccc1Cl)N1CCN(C2CCNC2)CC1. The van der Waals surface area contributed by atoms with Gasteiger partial charge in [0.15, 0.2) is 0 Å². The summed E-state index contributed by atoms with van der Waals surface area (Å²) in [6.45, 7) is 5.70. The predicted octanol–water partition coefficient (Wildman–Crippen LogP) is 1.88. The van der Waals surface area contributed by atoms with Gasteiger partial charge in [-0.3, -0.25) is 9.69 Å². The van der Waals surface area contributed by atoms with E-state index in [-0.39, 0.29) is 18.3 Å². The van der Waals surface area contributed by atoms with Crippen LogP contribution in [0.25, 0.3) is 0 Å². The lowest BCUT2D eigenvalue weighted by atomic mass is 10.1. The van der Waals surface area contributed by atoms with Crippen LogP contribution in [0.3, 0.4) is 0 Å². The molecule has 1 aromatic rings. The topological polar surface area (TPSA) is 35.6 Å². The van der Waals surface area contributed by atoms with E-state index < -0.39 is 0 Å². The van der Waals surface area contributed by atoms with Crippen molar-refractivity contribution < 1.29 is 4.79 Å². The standard InChI is InChI=1S/C15H20ClN3O.ClH/c16-14-4-2-1-3-13(14)15(20)19-9-7-18(8-10-19)12-5-6-17-11-12;/h1-4,12,17H,5-11H2;1H. The molecule has 0 saturated carbocycles. The second kappa shape index (κ2) is 7.45. The number of piperazine rings is 1. The Morgan fingerprint density at radius 3 is 2.52 bits per heavy atom. The van der Waals surface area contributed by atoms with Crippen LogP contribution in [0.2, 0.25) is 5.02 Å². The first-order valence-electron chi connectivity index (χ1n) is 7.24. The second-order valence-electron chi connectivity index (χ2n) is 5.45. The normalized spacial score (nSPS) is 22.9. The summed E-state index contributed by atoms with van der Waals surface area (Å²) >= 11 is 6.10. The Hall–Kier alpha value is -0.810. The van der Waals surface area contributed by atoms with Gasteiger partial charge < -0.3 is 10.2 Å². The van der Waals surface area contributed by atoms with E-state index in [4.69, 9.17) is 11.6 Å². The van der Waals surface area contributed by atoms with E-state index in [0.29, 0.717) is 16.6 Å². The molecule has 4 nitrogen and oxygen atoms in total. The van der Waals surface area contributed by atoms with Gasteiger partial charge in [0.25, 0.3) is 5.91 Å². The van der Waals surface area contributed by atoms with Gasteiger partial charge in [-0.1, -0.05) is 23.7 Å². The van der Waals surface area contributed by atoms with Gasteiger partial charge in [-0.25, -0.2) is 0 Å². The molecule has 0 radical (unpaired) electrons. The average molecular weight is 330 g/mol. The van der Waals surface area contributed by atoms with E-state index in [9.17, 15) is 4.79 Å². The van der Waals surface area contributed by atoms with Crippen molar-refractivity contribution >= 4 is 29.9 Å². The van der Waals surface area contributed by atoms with Crippen molar-refractivity contribution in [3.05, 3.63) is 34.9 Å². The van der Waals surface area contributed by atoms with Crippen LogP contribution in [0.1, 0.15) is 16.8 Å². The minimum Gasteiger partial charge on any atom is -0.336 e. The highest BCUT2D eigenvalue weighted by Gasteiger charge is 2.28. The summed E-state index contributed by atoms with van der Waals surface area (Å²) in [4.78, 5) is 16.9. The van der Waals surface area contributed by atoms with Gasteiger partial charge >= 0.3 is 0 Å². The molecule has 2 aliphatic rings. The molecule has 1 atom stereocenters. The fraction of sp³-hybridized carbons (Fsp3) is 0.533. The molecule has 21 heavy (non-hydrogen) atoms. The Balaban J connectivity index is 0.00000161. The lowest BCUT2D eigenvalue weighted by Crippen LogP contribution is -2.52. The highest BCUT2D eigenvalue weighted by atomic mass is 35.5. The third-order valence-corrected chi connectivity index (χ3v) is 4.59. The quantitative estimate of drug-likeness (QED) is 0.899. The maximum atomic E-state index is 12.5.